The Morgan fingerprint density at radius 2 is 1.59 bits per heavy atom. The summed E-state index contributed by atoms with van der Waals surface area (Å²) in [6.45, 7) is 7.97. The predicted molar refractivity (Wildman–Crippen MR) is 164 cm³/mol. The van der Waals surface area contributed by atoms with Crippen molar-refractivity contribution in [1.29, 1.82) is 0 Å². The largest absolute Gasteiger partial charge is 0.497 e. The maximum Gasteiger partial charge on any atom is 0.254 e. The van der Waals surface area contributed by atoms with Crippen LogP contribution < -0.4 is 10.1 Å². The van der Waals surface area contributed by atoms with E-state index in [1.165, 1.54) is 32.4 Å². The lowest BCUT2D eigenvalue weighted by Crippen LogP contribution is -2.50. The number of H-pyrrole nitrogens is 1. The number of nitrogens with one attached hydrogen (secondary N) is 2. The molecule has 0 bridgehead atoms. The summed E-state index contributed by atoms with van der Waals surface area (Å²) in [4.78, 5) is 36.9. The topological polar surface area (TPSA) is 80.9 Å². The van der Waals surface area contributed by atoms with E-state index in [1.54, 1.807) is 14.2 Å². The maximum atomic E-state index is 13.5. The second kappa shape index (κ2) is 11.9. The minimum Gasteiger partial charge on any atom is -0.497 e. The van der Waals surface area contributed by atoms with E-state index in [4.69, 9.17) is 4.74 Å². The number of ether oxygens (including phenoxy) is 1. The fourth-order valence-electron chi connectivity index (χ4n) is 6.25. The first-order chi connectivity index (χ1) is 20.0. The molecule has 0 atom stereocenters. The number of aromatic amines is 1. The number of likely N-dealkylation sites (tertiary alicyclic amines) is 1. The second-order valence-corrected chi connectivity index (χ2v) is 11.2. The van der Waals surface area contributed by atoms with Crippen molar-refractivity contribution >= 4 is 33.6 Å². The van der Waals surface area contributed by atoms with Gasteiger partial charge in [-0.3, -0.25) is 14.5 Å². The van der Waals surface area contributed by atoms with E-state index in [9.17, 15) is 9.59 Å². The molecular weight excluding hydrogens is 514 g/mol. The molecule has 1 aromatic heterocycles. The van der Waals surface area contributed by atoms with Crippen LogP contribution in [0, 0.1) is 0 Å². The van der Waals surface area contributed by atoms with Gasteiger partial charge >= 0.3 is 0 Å². The highest BCUT2D eigenvalue weighted by atomic mass is 16.5. The summed E-state index contributed by atoms with van der Waals surface area (Å²) < 4.78 is 5.42. The number of hydrogen-bond acceptors (Lipinski definition) is 5. The molecule has 0 spiro atoms. The molecule has 0 aliphatic carbocycles. The van der Waals surface area contributed by atoms with Crippen molar-refractivity contribution in [1.82, 2.24) is 25.0 Å². The standard InChI is InChI=1S/C33H39N5O3/c1-34-32(39)29-21-25(23-7-6-8-26(19-23)41-2)20-28-27-10-9-24(22-30(27)35-31(28)29)33(40)38-17-15-37(16-18-38)14-13-36-11-4-3-5-12-36/h6-10,19-22,35H,3-5,11-18H2,1-2H3,(H,34,39). The average Bonchev–Trinajstić information content (AvgIpc) is 3.41. The number of aromatic nitrogens is 1. The van der Waals surface area contributed by atoms with Crippen molar-refractivity contribution in [3.8, 4) is 16.9 Å². The molecule has 8 nitrogen and oxygen atoms in total. The number of piperazine rings is 1. The zero-order valence-corrected chi connectivity index (χ0v) is 24.0. The van der Waals surface area contributed by atoms with E-state index in [1.807, 2.05) is 53.4 Å². The molecule has 3 heterocycles. The number of methoxy groups -OCH3 is 1. The van der Waals surface area contributed by atoms with Gasteiger partial charge in [-0.15, -0.1) is 0 Å². The number of benzene rings is 3. The number of fused-ring (bicyclic) bond motifs is 3. The van der Waals surface area contributed by atoms with Gasteiger partial charge in [0.2, 0.25) is 0 Å². The first kappa shape index (κ1) is 27.3. The molecule has 2 amide bonds. The molecule has 41 heavy (non-hydrogen) atoms. The molecule has 4 aromatic rings. The van der Waals surface area contributed by atoms with E-state index in [0.29, 0.717) is 11.1 Å². The number of amides is 2. The van der Waals surface area contributed by atoms with Crippen LogP contribution in [0.3, 0.4) is 0 Å². The summed E-state index contributed by atoms with van der Waals surface area (Å²) >= 11 is 0. The van der Waals surface area contributed by atoms with Crippen LogP contribution in [0.1, 0.15) is 40.0 Å². The molecule has 214 valence electrons. The van der Waals surface area contributed by atoms with Crippen LogP contribution in [-0.4, -0.2) is 98.0 Å². The van der Waals surface area contributed by atoms with Gasteiger partial charge in [-0.2, -0.15) is 0 Å². The van der Waals surface area contributed by atoms with Crippen molar-refractivity contribution < 1.29 is 14.3 Å². The van der Waals surface area contributed by atoms with Gasteiger partial charge < -0.3 is 24.8 Å². The lowest BCUT2D eigenvalue weighted by molar-refractivity contribution is 0.0619. The van der Waals surface area contributed by atoms with Gasteiger partial charge in [-0.1, -0.05) is 24.6 Å². The van der Waals surface area contributed by atoms with Crippen LogP contribution >= 0.6 is 0 Å². The zero-order valence-electron chi connectivity index (χ0n) is 24.0. The molecule has 0 radical (unpaired) electrons. The minimum absolute atomic E-state index is 0.0600. The Kier molecular flexibility index (Phi) is 7.94. The molecule has 6 rings (SSSR count). The number of nitrogens with zero attached hydrogens (tertiary/aromatic N) is 3. The third kappa shape index (κ3) is 5.67. The lowest BCUT2D eigenvalue weighted by atomic mass is 9.98. The SMILES string of the molecule is CNC(=O)c1cc(-c2cccc(OC)c2)cc2c1[nH]c1cc(C(=O)N3CCN(CCN4CCCCC4)CC3)ccc12. The van der Waals surface area contributed by atoms with E-state index in [-0.39, 0.29) is 11.8 Å². The third-order valence-corrected chi connectivity index (χ3v) is 8.67. The molecule has 0 saturated carbocycles. The zero-order chi connectivity index (χ0) is 28.3. The Labute approximate surface area is 241 Å². The first-order valence-corrected chi connectivity index (χ1v) is 14.7. The minimum atomic E-state index is -0.166. The smallest absolute Gasteiger partial charge is 0.254 e. The van der Waals surface area contributed by atoms with Crippen molar-refractivity contribution in [3.63, 3.8) is 0 Å². The number of carbonyl (C=O) groups is 2. The fourth-order valence-corrected chi connectivity index (χ4v) is 6.25. The number of rotatable bonds is 7. The van der Waals surface area contributed by atoms with Crippen molar-refractivity contribution in [2.75, 3.05) is 66.5 Å². The Balaban J connectivity index is 1.23. The summed E-state index contributed by atoms with van der Waals surface area (Å²) in [7, 11) is 3.28. The molecule has 0 unspecified atom stereocenters. The molecule has 3 aromatic carbocycles. The van der Waals surface area contributed by atoms with Gasteiger partial charge in [0.15, 0.2) is 0 Å². The lowest BCUT2D eigenvalue weighted by Gasteiger charge is -2.36. The third-order valence-electron chi connectivity index (χ3n) is 8.67. The van der Waals surface area contributed by atoms with Gasteiger partial charge in [-0.25, -0.2) is 0 Å². The second-order valence-electron chi connectivity index (χ2n) is 11.2. The number of hydrogen-bond donors (Lipinski definition) is 2. The number of carbonyl (C=O) groups excluding carboxylic acids is 2. The summed E-state index contributed by atoms with van der Waals surface area (Å²) in [5.41, 5.74) is 4.73. The molecule has 8 heteroatoms. The number of piperidine rings is 1. The normalized spacial score (nSPS) is 16.8. The molecule has 2 aliphatic rings. The van der Waals surface area contributed by atoms with Crippen LogP contribution in [0.4, 0.5) is 0 Å². The van der Waals surface area contributed by atoms with E-state index in [0.717, 1.165) is 78.0 Å². The fraction of sp³-hybridized carbons (Fsp3) is 0.394. The highest BCUT2D eigenvalue weighted by Gasteiger charge is 2.24. The molecular formula is C33H39N5O3. The Bertz CT molecular complexity index is 1560. The van der Waals surface area contributed by atoms with Gasteiger partial charge in [0.05, 0.1) is 18.2 Å². The van der Waals surface area contributed by atoms with Gasteiger partial charge in [-0.05, 0) is 73.5 Å². The Morgan fingerprint density at radius 3 is 2.32 bits per heavy atom. The maximum absolute atomic E-state index is 13.5. The van der Waals surface area contributed by atoms with Crippen molar-refractivity contribution in [2.45, 2.75) is 19.3 Å². The Hall–Kier alpha value is -3.88. The van der Waals surface area contributed by atoms with Crippen LogP contribution in [0.15, 0.2) is 54.6 Å². The van der Waals surface area contributed by atoms with E-state index < -0.39 is 0 Å². The molecule has 2 N–H and O–H groups in total. The highest BCUT2D eigenvalue weighted by molar-refractivity contribution is 6.17. The highest BCUT2D eigenvalue weighted by Crippen LogP contribution is 2.34. The van der Waals surface area contributed by atoms with E-state index >= 15 is 0 Å². The molecule has 2 aliphatic heterocycles. The predicted octanol–water partition coefficient (Wildman–Crippen LogP) is 4.60. The summed E-state index contributed by atoms with van der Waals surface area (Å²) in [5.74, 6) is 0.652. The summed E-state index contributed by atoms with van der Waals surface area (Å²) in [6.07, 6.45) is 4.00. The average molecular weight is 554 g/mol. The molecule has 2 fully saturated rings. The quantitative estimate of drug-likeness (QED) is 0.350. The van der Waals surface area contributed by atoms with E-state index in [2.05, 4.69) is 26.2 Å². The van der Waals surface area contributed by atoms with Crippen molar-refractivity contribution in [3.05, 3.63) is 65.7 Å². The van der Waals surface area contributed by atoms with Crippen LogP contribution in [0.5, 0.6) is 5.75 Å². The van der Waals surface area contributed by atoms with Crippen LogP contribution in [-0.2, 0) is 0 Å². The van der Waals surface area contributed by atoms with Crippen molar-refractivity contribution in [2.24, 2.45) is 0 Å². The van der Waals surface area contributed by atoms with Crippen LogP contribution in [0.2, 0.25) is 0 Å². The first-order valence-electron chi connectivity index (χ1n) is 14.7. The summed E-state index contributed by atoms with van der Waals surface area (Å²) in [6, 6.07) is 17.7. The van der Waals surface area contributed by atoms with Crippen LogP contribution in [0.25, 0.3) is 32.9 Å². The summed E-state index contributed by atoms with van der Waals surface area (Å²) in [5, 5.41) is 4.70. The van der Waals surface area contributed by atoms with Gasteiger partial charge in [0, 0.05) is 68.2 Å². The monoisotopic (exact) mass is 553 g/mol. The Morgan fingerprint density at radius 1 is 0.829 bits per heavy atom. The van der Waals surface area contributed by atoms with Gasteiger partial charge in [0.25, 0.3) is 11.8 Å². The molecule has 2 saturated heterocycles. The van der Waals surface area contributed by atoms with Gasteiger partial charge in [0.1, 0.15) is 5.75 Å².